The summed E-state index contributed by atoms with van der Waals surface area (Å²) in [6.07, 6.45) is 4.67. The zero-order valence-corrected chi connectivity index (χ0v) is 19.4. The van der Waals surface area contributed by atoms with E-state index in [0.717, 1.165) is 0 Å². The number of likely N-dealkylation sites (N-methyl/N-ethyl adjacent to an activating group) is 1. The van der Waals surface area contributed by atoms with Crippen LogP contribution in [0.4, 0.5) is 21.5 Å². The molecule has 0 aliphatic carbocycles. The average molecular weight is 468 g/mol. The summed E-state index contributed by atoms with van der Waals surface area (Å²) < 4.78 is 19.0. The van der Waals surface area contributed by atoms with E-state index >= 15 is 0 Å². The van der Waals surface area contributed by atoms with Crippen LogP contribution in [0.15, 0.2) is 48.7 Å². The lowest BCUT2D eigenvalue weighted by molar-refractivity contribution is -0.111. The summed E-state index contributed by atoms with van der Waals surface area (Å²) in [4.78, 5) is 18.8. The number of carbonyl (C=O) groups excluding carboxylic acids is 1. The number of pyridine rings is 1. The smallest absolute Gasteiger partial charge is 0.248 e. The minimum atomic E-state index is -0.548. The van der Waals surface area contributed by atoms with Crippen molar-refractivity contribution in [1.82, 2.24) is 9.88 Å². The molecule has 0 saturated carbocycles. The van der Waals surface area contributed by atoms with Crippen LogP contribution in [0.25, 0.3) is 10.9 Å². The lowest BCUT2D eigenvalue weighted by Crippen LogP contribution is -2.22. The number of hydrogen-bond acceptors (Lipinski definition) is 6. The normalized spacial score (nSPS) is 12.1. The lowest BCUT2D eigenvalue weighted by atomic mass is 10.1. The standard InChI is InChI=1S/C24H23ClFN5O2/c1-14(31(2)3)5-8-23(32)30-21-10-17-20(11-22(21)33-4)28-13-15(12-27)24(17)29-16-6-7-19(26)18(25)9-16/h5-11,13-14H,1-4H3,(H,28,29)(H,30,32)/b8-5+. The number of hydrogen-bond donors (Lipinski definition) is 2. The predicted molar refractivity (Wildman–Crippen MR) is 129 cm³/mol. The first-order chi connectivity index (χ1) is 15.7. The Morgan fingerprint density at radius 2 is 2.09 bits per heavy atom. The molecule has 0 aliphatic heterocycles. The predicted octanol–water partition coefficient (Wildman–Crippen LogP) is 5.10. The summed E-state index contributed by atoms with van der Waals surface area (Å²) in [7, 11) is 5.33. The minimum absolute atomic E-state index is 0.0507. The van der Waals surface area contributed by atoms with E-state index < -0.39 is 5.82 Å². The van der Waals surface area contributed by atoms with Crippen molar-refractivity contribution in [2.24, 2.45) is 0 Å². The van der Waals surface area contributed by atoms with Crippen molar-refractivity contribution in [2.75, 3.05) is 31.8 Å². The van der Waals surface area contributed by atoms with Gasteiger partial charge < -0.3 is 20.3 Å². The summed E-state index contributed by atoms with van der Waals surface area (Å²) in [5.74, 6) is -0.461. The van der Waals surface area contributed by atoms with Crippen molar-refractivity contribution in [3.63, 3.8) is 0 Å². The Bertz CT molecular complexity index is 1270. The third-order valence-electron chi connectivity index (χ3n) is 5.10. The molecule has 170 valence electrons. The number of anilines is 3. The molecule has 1 unspecified atom stereocenters. The second-order valence-corrected chi connectivity index (χ2v) is 7.94. The number of rotatable bonds is 7. The van der Waals surface area contributed by atoms with E-state index in [1.54, 1.807) is 18.2 Å². The van der Waals surface area contributed by atoms with E-state index in [-0.39, 0.29) is 22.5 Å². The number of aromatic nitrogens is 1. The van der Waals surface area contributed by atoms with E-state index in [4.69, 9.17) is 16.3 Å². The van der Waals surface area contributed by atoms with Gasteiger partial charge in [0.1, 0.15) is 17.6 Å². The molecule has 9 heteroatoms. The SMILES string of the molecule is COc1cc2ncc(C#N)c(Nc3ccc(F)c(Cl)c3)c2cc1NC(=O)/C=C/C(C)N(C)C. The molecular formula is C24H23ClFN5O2. The number of ether oxygens (including phenoxy) is 1. The van der Waals surface area contributed by atoms with Crippen LogP contribution in [-0.4, -0.2) is 43.0 Å². The number of benzene rings is 2. The summed E-state index contributed by atoms with van der Waals surface area (Å²) in [6.45, 7) is 1.97. The fraction of sp³-hybridized carbons (Fsp3) is 0.208. The van der Waals surface area contributed by atoms with E-state index in [1.165, 1.54) is 37.6 Å². The summed E-state index contributed by atoms with van der Waals surface area (Å²) in [5, 5.41) is 16.1. The number of nitriles is 1. The largest absolute Gasteiger partial charge is 0.494 e. The number of amides is 1. The fourth-order valence-electron chi connectivity index (χ4n) is 3.00. The van der Waals surface area contributed by atoms with Gasteiger partial charge in [-0.3, -0.25) is 9.78 Å². The zero-order valence-electron chi connectivity index (χ0n) is 18.6. The highest BCUT2D eigenvalue weighted by Crippen LogP contribution is 2.36. The number of halogens is 2. The molecule has 7 nitrogen and oxygen atoms in total. The Balaban J connectivity index is 2.05. The molecule has 0 saturated heterocycles. The Labute approximate surface area is 196 Å². The Hall–Kier alpha value is -3.67. The van der Waals surface area contributed by atoms with Crippen molar-refractivity contribution in [3.05, 3.63) is 65.1 Å². The van der Waals surface area contributed by atoms with Crippen molar-refractivity contribution in [2.45, 2.75) is 13.0 Å². The van der Waals surface area contributed by atoms with Gasteiger partial charge in [-0.15, -0.1) is 0 Å². The number of carbonyl (C=O) groups is 1. The molecule has 0 aliphatic rings. The molecule has 1 heterocycles. The molecule has 0 radical (unpaired) electrons. The first kappa shape index (κ1) is 24.0. The highest BCUT2D eigenvalue weighted by atomic mass is 35.5. The van der Waals surface area contributed by atoms with Crippen LogP contribution >= 0.6 is 11.6 Å². The van der Waals surface area contributed by atoms with Crippen molar-refractivity contribution >= 4 is 45.5 Å². The monoisotopic (exact) mass is 467 g/mol. The van der Waals surface area contributed by atoms with E-state index in [2.05, 4.69) is 21.7 Å². The second kappa shape index (κ2) is 10.3. The van der Waals surface area contributed by atoms with Gasteiger partial charge in [0, 0.05) is 35.5 Å². The number of fused-ring (bicyclic) bond motifs is 1. The van der Waals surface area contributed by atoms with E-state index in [1.807, 2.05) is 25.9 Å². The van der Waals surface area contributed by atoms with Crippen molar-refractivity contribution in [3.8, 4) is 11.8 Å². The van der Waals surface area contributed by atoms with Crippen LogP contribution in [0.1, 0.15) is 12.5 Å². The molecule has 0 bridgehead atoms. The van der Waals surface area contributed by atoms with Crippen LogP contribution in [-0.2, 0) is 4.79 Å². The fourth-order valence-corrected chi connectivity index (χ4v) is 3.18. The molecule has 0 spiro atoms. The third kappa shape index (κ3) is 5.58. The van der Waals surface area contributed by atoms with Gasteiger partial charge in [0.25, 0.3) is 0 Å². The Morgan fingerprint density at radius 1 is 1.33 bits per heavy atom. The number of methoxy groups -OCH3 is 1. The van der Waals surface area contributed by atoms with Crippen LogP contribution in [0.5, 0.6) is 5.75 Å². The van der Waals surface area contributed by atoms with Gasteiger partial charge in [-0.2, -0.15) is 5.26 Å². The average Bonchev–Trinajstić information content (AvgIpc) is 2.79. The lowest BCUT2D eigenvalue weighted by Gasteiger charge is -2.16. The van der Waals surface area contributed by atoms with Crippen LogP contribution < -0.4 is 15.4 Å². The molecule has 0 fully saturated rings. The van der Waals surface area contributed by atoms with Gasteiger partial charge in [-0.05, 0) is 45.3 Å². The first-order valence-corrected chi connectivity index (χ1v) is 10.4. The topological polar surface area (TPSA) is 90.3 Å². The zero-order chi connectivity index (χ0) is 24.1. The molecular weight excluding hydrogens is 445 g/mol. The maximum Gasteiger partial charge on any atom is 0.248 e. The number of nitrogens with one attached hydrogen (secondary N) is 2. The van der Waals surface area contributed by atoms with Crippen molar-refractivity contribution < 1.29 is 13.9 Å². The van der Waals surface area contributed by atoms with Gasteiger partial charge in [0.15, 0.2) is 0 Å². The Morgan fingerprint density at radius 3 is 2.73 bits per heavy atom. The molecule has 1 aromatic heterocycles. The molecule has 3 rings (SSSR count). The molecule has 33 heavy (non-hydrogen) atoms. The quantitative estimate of drug-likeness (QED) is 0.470. The minimum Gasteiger partial charge on any atom is -0.494 e. The molecule has 2 N–H and O–H groups in total. The highest BCUT2D eigenvalue weighted by Gasteiger charge is 2.15. The van der Waals surface area contributed by atoms with Crippen LogP contribution in [0, 0.1) is 17.1 Å². The van der Waals surface area contributed by atoms with E-state index in [9.17, 15) is 14.4 Å². The van der Waals surface area contributed by atoms with Gasteiger partial charge >= 0.3 is 0 Å². The maximum absolute atomic E-state index is 13.6. The first-order valence-electron chi connectivity index (χ1n) is 10.0. The van der Waals surface area contributed by atoms with Gasteiger partial charge in [0.2, 0.25) is 5.91 Å². The molecule has 2 aromatic carbocycles. The summed E-state index contributed by atoms with van der Waals surface area (Å²) in [6, 6.07) is 9.69. The maximum atomic E-state index is 13.6. The molecule has 1 atom stereocenters. The van der Waals surface area contributed by atoms with Crippen molar-refractivity contribution in [1.29, 1.82) is 5.26 Å². The molecule has 1 amide bonds. The third-order valence-corrected chi connectivity index (χ3v) is 5.39. The van der Waals surface area contributed by atoms with E-state index in [0.29, 0.717) is 33.7 Å². The number of nitrogens with zero attached hydrogens (tertiary/aromatic N) is 3. The summed E-state index contributed by atoms with van der Waals surface area (Å²) in [5.41, 5.74) is 2.16. The van der Waals surface area contributed by atoms with Crippen LogP contribution in [0.3, 0.4) is 0 Å². The second-order valence-electron chi connectivity index (χ2n) is 7.53. The molecule has 3 aromatic rings. The highest BCUT2D eigenvalue weighted by molar-refractivity contribution is 6.31. The Kier molecular flexibility index (Phi) is 7.48. The summed E-state index contributed by atoms with van der Waals surface area (Å²) >= 11 is 5.90. The van der Waals surface area contributed by atoms with Crippen LogP contribution in [0.2, 0.25) is 5.02 Å². The van der Waals surface area contributed by atoms with Gasteiger partial charge in [0.05, 0.1) is 34.6 Å². The van der Waals surface area contributed by atoms with Gasteiger partial charge in [-0.1, -0.05) is 17.7 Å². The van der Waals surface area contributed by atoms with Gasteiger partial charge in [-0.25, -0.2) is 4.39 Å².